The molecule has 0 atom stereocenters. The highest BCUT2D eigenvalue weighted by Gasteiger charge is 2.18. The monoisotopic (exact) mass is 445 g/mol. The van der Waals surface area contributed by atoms with E-state index in [1.165, 1.54) is 26.9 Å². The molecule has 0 radical (unpaired) electrons. The van der Waals surface area contributed by atoms with E-state index in [0.717, 1.165) is 49.5 Å². The van der Waals surface area contributed by atoms with Crippen LogP contribution in [0.3, 0.4) is 0 Å². The zero-order chi connectivity index (χ0) is 22.9. The Labute approximate surface area is 201 Å². The van der Waals surface area contributed by atoms with Gasteiger partial charge in [-0.1, -0.05) is 91.0 Å². The molecule has 0 amide bonds. The lowest BCUT2D eigenvalue weighted by molar-refractivity contribution is 0.669. The lowest BCUT2D eigenvalue weighted by Crippen LogP contribution is -1.92. The third-order valence-corrected chi connectivity index (χ3v) is 7.24. The number of hydrogen-bond acceptors (Lipinski definition) is 2. The molecule has 0 bridgehead atoms. The number of aromatic nitrogens is 1. The number of rotatable bonds is 1. The first kappa shape index (κ1) is 18.7. The molecule has 2 heteroatoms. The van der Waals surface area contributed by atoms with Crippen molar-refractivity contribution in [2.45, 2.75) is 0 Å². The van der Waals surface area contributed by atoms with Crippen LogP contribution in [0.1, 0.15) is 0 Å². The number of benzene rings is 6. The van der Waals surface area contributed by atoms with Crippen molar-refractivity contribution in [3.63, 3.8) is 0 Å². The predicted octanol–water partition coefficient (Wildman–Crippen LogP) is 9.26. The number of pyridine rings is 1. The Morgan fingerprint density at radius 3 is 1.91 bits per heavy atom. The molecule has 0 spiro atoms. The van der Waals surface area contributed by atoms with Crippen LogP contribution >= 0.6 is 0 Å². The Bertz CT molecular complexity index is 2120. The second-order valence-corrected chi connectivity index (χ2v) is 9.13. The van der Waals surface area contributed by atoms with Gasteiger partial charge in [0.25, 0.3) is 0 Å². The number of para-hydroxylation sites is 1. The number of fused-ring (bicyclic) bond motifs is 10. The summed E-state index contributed by atoms with van der Waals surface area (Å²) in [6, 6.07) is 40.7. The summed E-state index contributed by atoms with van der Waals surface area (Å²) in [5.74, 6) is 0. The van der Waals surface area contributed by atoms with Gasteiger partial charge in [-0.05, 0) is 51.2 Å². The molecule has 2 aromatic heterocycles. The topological polar surface area (TPSA) is 26.0 Å². The lowest BCUT2D eigenvalue weighted by Gasteiger charge is -2.14. The van der Waals surface area contributed by atoms with Crippen molar-refractivity contribution < 1.29 is 4.42 Å². The summed E-state index contributed by atoms with van der Waals surface area (Å²) in [4.78, 5) is 5.42. The highest BCUT2D eigenvalue weighted by atomic mass is 16.3. The van der Waals surface area contributed by atoms with Crippen LogP contribution in [0.2, 0.25) is 0 Å². The molecule has 0 N–H and O–H groups in total. The average Bonchev–Trinajstić information content (AvgIpc) is 3.31. The molecule has 162 valence electrons. The first-order chi connectivity index (χ1) is 17.4. The average molecular weight is 446 g/mol. The minimum atomic E-state index is 0.871. The van der Waals surface area contributed by atoms with Crippen LogP contribution in [0.25, 0.3) is 76.4 Å². The van der Waals surface area contributed by atoms with E-state index >= 15 is 0 Å². The van der Waals surface area contributed by atoms with Crippen LogP contribution in [0.5, 0.6) is 0 Å². The summed E-state index contributed by atoms with van der Waals surface area (Å²) in [5.41, 5.74) is 4.91. The van der Waals surface area contributed by atoms with E-state index in [1.807, 2.05) is 12.1 Å². The van der Waals surface area contributed by atoms with Crippen LogP contribution in [0.15, 0.2) is 120 Å². The van der Waals surface area contributed by atoms with Gasteiger partial charge in [-0.2, -0.15) is 0 Å². The van der Waals surface area contributed by atoms with Gasteiger partial charge in [-0.15, -0.1) is 0 Å². The summed E-state index contributed by atoms with van der Waals surface area (Å²) in [7, 11) is 0. The van der Waals surface area contributed by atoms with Gasteiger partial charge >= 0.3 is 0 Å². The molecule has 0 aliphatic heterocycles. The molecule has 0 aliphatic carbocycles. The van der Waals surface area contributed by atoms with E-state index in [1.54, 1.807) is 0 Å². The van der Waals surface area contributed by atoms with Crippen molar-refractivity contribution in [3.05, 3.63) is 115 Å². The zero-order valence-electron chi connectivity index (χ0n) is 18.8. The molecule has 0 saturated heterocycles. The Morgan fingerprint density at radius 2 is 1.09 bits per heavy atom. The van der Waals surface area contributed by atoms with Crippen molar-refractivity contribution in [1.29, 1.82) is 0 Å². The van der Waals surface area contributed by atoms with Crippen LogP contribution in [-0.2, 0) is 0 Å². The number of furan rings is 1. The van der Waals surface area contributed by atoms with Crippen LogP contribution in [-0.4, -0.2) is 4.98 Å². The van der Waals surface area contributed by atoms with Gasteiger partial charge in [0.05, 0.1) is 16.6 Å². The van der Waals surface area contributed by atoms with E-state index in [9.17, 15) is 0 Å². The van der Waals surface area contributed by atoms with Gasteiger partial charge < -0.3 is 4.42 Å². The zero-order valence-corrected chi connectivity index (χ0v) is 18.8. The predicted molar refractivity (Wildman–Crippen MR) is 147 cm³/mol. The minimum absolute atomic E-state index is 0.871. The molecular formula is C33H19NO. The van der Waals surface area contributed by atoms with Crippen LogP contribution < -0.4 is 0 Å². The van der Waals surface area contributed by atoms with Gasteiger partial charge in [-0.3, -0.25) is 0 Å². The molecular weight excluding hydrogens is 426 g/mol. The van der Waals surface area contributed by atoms with Crippen molar-refractivity contribution in [1.82, 2.24) is 4.98 Å². The maximum absolute atomic E-state index is 6.21. The molecule has 0 saturated carbocycles. The molecule has 6 aromatic carbocycles. The fraction of sp³-hybridized carbons (Fsp3) is 0. The second kappa shape index (κ2) is 6.91. The van der Waals surface area contributed by atoms with Crippen LogP contribution in [0.4, 0.5) is 0 Å². The molecule has 8 aromatic rings. The number of nitrogens with zero attached hydrogens (tertiary/aromatic N) is 1. The summed E-state index contributed by atoms with van der Waals surface area (Å²) in [6.07, 6.45) is 0. The summed E-state index contributed by atoms with van der Waals surface area (Å²) < 4.78 is 6.21. The van der Waals surface area contributed by atoms with E-state index < -0.39 is 0 Å². The lowest BCUT2D eigenvalue weighted by atomic mass is 9.92. The molecule has 0 aliphatic rings. The van der Waals surface area contributed by atoms with Crippen molar-refractivity contribution >= 4 is 65.2 Å². The molecule has 2 nitrogen and oxygen atoms in total. The van der Waals surface area contributed by atoms with Gasteiger partial charge in [0, 0.05) is 21.7 Å². The quantitative estimate of drug-likeness (QED) is 0.235. The van der Waals surface area contributed by atoms with E-state index in [4.69, 9.17) is 9.40 Å². The van der Waals surface area contributed by atoms with Gasteiger partial charge in [0.2, 0.25) is 0 Å². The van der Waals surface area contributed by atoms with Crippen LogP contribution in [0, 0.1) is 0 Å². The van der Waals surface area contributed by atoms with E-state index in [0.29, 0.717) is 0 Å². The first-order valence-electron chi connectivity index (χ1n) is 11.9. The van der Waals surface area contributed by atoms with E-state index in [-0.39, 0.29) is 0 Å². The molecule has 35 heavy (non-hydrogen) atoms. The second-order valence-electron chi connectivity index (χ2n) is 9.13. The SMILES string of the molecule is c1ccc2c(c1)cc(-c1nc3c(ccc4oc5ccccc5c43)c3ccccc13)c1ccccc12. The maximum atomic E-state index is 6.21. The highest BCUT2D eigenvalue weighted by Crippen LogP contribution is 2.41. The normalized spacial score (nSPS) is 12.0. The Morgan fingerprint density at radius 1 is 0.457 bits per heavy atom. The Balaban J connectivity index is 1.61. The molecule has 2 heterocycles. The third-order valence-electron chi connectivity index (χ3n) is 7.24. The Kier molecular flexibility index (Phi) is 3.69. The van der Waals surface area contributed by atoms with Gasteiger partial charge in [0.15, 0.2) is 0 Å². The third kappa shape index (κ3) is 2.57. The molecule has 0 fully saturated rings. The summed E-state index contributed by atoms with van der Waals surface area (Å²) in [5, 5.41) is 10.6. The fourth-order valence-corrected chi connectivity index (χ4v) is 5.68. The number of hydrogen-bond donors (Lipinski definition) is 0. The summed E-state index contributed by atoms with van der Waals surface area (Å²) >= 11 is 0. The van der Waals surface area contributed by atoms with Gasteiger partial charge in [0.1, 0.15) is 11.2 Å². The first-order valence-corrected chi connectivity index (χ1v) is 11.9. The molecule has 0 unspecified atom stereocenters. The van der Waals surface area contributed by atoms with Crippen molar-refractivity contribution in [3.8, 4) is 11.3 Å². The minimum Gasteiger partial charge on any atom is -0.456 e. The standard InChI is InChI=1S/C33H19NO/c1-2-10-21-20(9-1)19-28(23-12-4-3-11-22(21)23)32-25-14-6-5-13-24(25)26-17-18-30-31(33(26)34-32)27-15-7-8-16-29(27)35-30/h1-19H. The van der Waals surface area contributed by atoms with Crippen molar-refractivity contribution in [2.75, 3.05) is 0 Å². The Hall–Kier alpha value is -4.69. The largest absolute Gasteiger partial charge is 0.456 e. The summed E-state index contributed by atoms with van der Waals surface area (Å²) in [6.45, 7) is 0. The van der Waals surface area contributed by atoms with Gasteiger partial charge in [-0.25, -0.2) is 4.98 Å². The van der Waals surface area contributed by atoms with E-state index in [2.05, 4.69) is 103 Å². The molecule has 8 rings (SSSR count). The fourth-order valence-electron chi connectivity index (χ4n) is 5.68. The maximum Gasteiger partial charge on any atom is 0.137 e. The smallest absolute Gasteiger partial charge is 0.137 e. The van der Waals surface area contributed by atoms with Crippen molar-refractivity contribution in [2.24, 2.45) is 0 Å². The highest BCUT2D eigenvalue weighted by molar-refractivity contribution is 6.25.